The highest BCUT2D eigenvalue weighted by Crippen LogP contribution is 2.37. The molecular formula is C15H28N2O3. The minimum absolute atomic E-state index is 0.203. The topological polar surface area (TPSA) is 73.6 Å². The molecule has 1 amide bonds. The number of ether oxygens (including phenoxy) is 2. The monoisotopic (exact) mass is 284 g/mol. The van der Waals surface area contributed by atoms with Gasteiger partial charge >= 0.3 is 0 Å². The Balaban J connectivity index is 1.76. The zero-order valence-electron chi connectivity index (χ0n) is 12.5. The summed E-state index contributed by atoms with van der Waals surface area (Å²) in [6, 6.07) is 0. The fraction of sp³-hybridized carbons (Fsp3) is 0.933. The number of amides is 1. The lowest BCUT2D eigenvalue weighted by Crippen LogP contribution is -2.58. The van der Waals surface area contributed by atoms with Crippen LogP contribution in [0.1, 0.15) is 39.0 Å². The second-order valence-corrected chi connectivity index (χ2v) is 6.05. The van der Waals surface area contributed by atoms with Crippen LogP contribution >= 0.6 is 0 Å². The van der Waals surface area contributed by atoms with Crippen LogP contribution in [0.4, 0.5) is 0 Å². The number of nitrogens with two attached hydrogens (primary N) is 1. The third kappa shape index (κ3) is 3.51. The zero-order valence-corrected chi connectivity index (χ0v) is 12.5. The first-order valence-corrected chi connectivity index (χ1v) is 7.89. The lowest BCUT2D eigenvalue weighted by molar-refractivity contribution is -0.126. The minimum atomic E-state index is -0.505. The molecule has 5 nitrogen and oxygen atoms in total. The van der Waals surface area contributed by atoms with E-state index in [0.717, 1.165) is 58.5 Å². The van der Waals surface area contributed by atoms with Gasteiger partial charge in [-0.2, -0.15) is 0 Å². The van der Waals surface area contributed by atoms with Crippen LogP contribution in [-0.2, 0) is 14.3 Å². The summed E-state index contributed by atoms with van der Waals surface area (Å²) >= 11 is 0. The average molecular weight is 284 g/mol. The highest BCUT2D eigenvalue weighted by atomic mass is 16.5. The molecule has 116 valence electrons. The molecule has 2 aliphatic rings. The molecule has 2 fully saturated rings. The van der Waals surface area contributed by atoms with E-state index in [9.17, 15) is 4.79 Å². The second kappa shape index (κ2) is 7.38. The van der Waals surface area contributed by atoms with E-state index in [1.165, 1.54) is 0 Å². The maximum absolute atomic E-state index is 11.9. The van der Waals surface area contributed by atoms with Crippen molar-refractivity contribution in [1.29, 1.82) is 0 Å². The van der Waals surface area contributed by atoms with E-state index in [1.807, 2.05) is 6.92 Å². The van der Waals surface area contributed by atoms with Gasteiger partial charge < -0.3 is 20.5 Å². The lowest BCUT2D eigenvalue weighted by atomic mass is 9.84. The smallest absolute Gasteiger partial charge is 0.238 e. The first-order chi connectivity index (χ1) is 9.69. The molecule has 1 heterocycles. The summed E-state index contributed by atoms with van der Waals surface area (Å²) < 4.78 is 11.1. The van der Waals surface area contributed by atoms with Crippen molar-refractivity contribution in [2.75, 3.05) is 33.0 Å². The Hall–Kier alpha value is -0.650. The Labute approximate surface area is 121 Å². The number of carbonyl (C=O) groups is 1. The predicted molar refractivity (Wildman–Crippen MR) is 77.3 cm³/mol. The van der Waals surface area contributed by atoms with Crippen LogP contribution in [0.5, 0.6) is 0 Å². The fourth-order valence-electron chi connectivity index (χ4n) is 3.62. The molecule has 3 N–H and O–H groups in total. The van der Waals surface area contributed by atoms with E-state index in [1.54, 1.807) is 0 Å². The number of rotatable bonds is 8. The Bertz CT molecular complexity index is 318. The standard InChI is InChI=1S/C15H28N2O3/c1-2-17-15(14(16)18)7-3-4-13(15)6-9-20-11-12-5-8-19-10-12/h12-13,17H,2-11H2,1H3,(H2,16,18). The van der Waals surface area contributed by atoms with Gasteiger partial charge in [0.15, 0.2) is 0 Å². The Kier molecular flexibility index (Phi) is 5.81. The Morgan fingerprint density at radius 3 is 3.00 bits per heavy atom. The molecule has 0 aromatic heterocycles. The van der Waals surface area contributed by atoms with Crippen molar-refractivity contribution in [2.45, 2.75) is 44.6 Å². The molecule has 2 rings (SSSR count). The Morgan fingerprint density at radius 2 is 2.35 bits per heavy atom. The number of likely N-dealkylation sites (N-methyl/N-ethyl adjacent to an activating group) is 1. The molecule has 0 aromatic carbocycles. The Morgan fingerprint density at radius 1 is 1.50 bits per heavy atom. The minimum Gasteiger partial charge on any atom is -0.381 e. The van der Waals surface area contributed by atoms with Crippen molar-refractivity contribution in [3.05, 3.63) is 0 Å². The van der Waals surface area contributed by atoms with E-state index in [-0.39, 0.29) is 5.91 Å². The first-order valence-electron chi connectivity index (χ1n) is 7.89. The van der Waals surface area contributed by atoms with Gasteiger partial charge in [0.1, 0.15) is 5.54 Å². The molecule has 1 aliphatic heterocycles. The molecule has 0 radical (unpaired) electrons. The van der Waals surface area contributed by atoms with E-state index in [0.29, 0.717) is 18.4 Å². The summed E-state index contributed by atoms with van der Waals surface area (Å²) in [5, 5.41) is 3.34. The van der Waals surface area contributed by atoms with Gasteiger partial charge in [-0.1, -0.05) is 13.3 Å². The third-order valence-electron chi connectivity index (χ3n) is 4.74. The van der Waals surface area contributed by atoms with Crippen molar-refractivity contribution in [3.63, 3.8) is 0 Å². The fourth-order valence-corrected chi connectivity index (χ4v) is 3.62. The van der Waals surface area contributed by atoms with Crippen LogP contribution in [0.15, 0.2) is 0 Å². The normalized spacial score (nSPS) is 33.6. The van der Waals surface area contributed by atoms with Crippen LogP contribution in [0.3, 0.4) is 0 Å². The van der Waals surface area contributed by atoms with Gasteiger partial charge in [-0.25, -0.2) is 0 Å². The van der Waals surface area contributed by atoms with Crippen LogP contribution in [0, 0.1) is 11.8 Å². The SMILES string of the molecule is CCNC1(C(N)=O)CCCC1CCOCC1CCOC1. The number of carbonyl (C=O) groups excluding carboxylic acids is 1. The number of nitrogens with one attached hydrogen (secondary N) is 1. The molecule has 1 saturated carbocycles. The van der Waals surface area contributed by atoms with E-state index in [4.69, 9.17) is 15.2 Å². The van der Waals surface area contributed by atoms with Crippen molar-refractivity contribution in [3.8, 4) is 0 Å². The molecular weight excluding hydrogens is 256 g/mol. The van der Waals surface area contributed by atoms with Gasteiger partial charge in [0.25, 0.3) is 0 Å². The number of hydrogen-bond acceptors (Lipinski definition) is 4. The van der Waals surface area contributed by atoms with Crippen LogP contribution < -0.4 is 11.1 Å². The summed E-state index contributed by atoms with van der Waals surface area (Å²) in [5.41, 5.74) is 5.15. The van der Waals surface area contributed by atoms with E-state index in [2.05, 4.69) is 5.32 Å². The molecule has 0 bridgehead atoms. The highest BCUT2D eigenvalue weighted by molar-refractivity contribution is 5.85. The van der Waals surface area contributed by atoms with Gasteiger partial charge in [0.2, 0.25) is 5.91 Å². The molecule has 1 aliphatic carbocycles. The van der Waals surface area contributed by atoms with Crippen LogP contribution in [-0.4, -0.2) is 44.4 Å². The largest absolute Gasteiger partial charge is 0.381 e. The van der Waals surface area contributed by atoms with Crippen molar-refractivity contribution >= 4 is 5.91 Å². The van der Waals surface area contributed by atoms with Crippen LogP contribution in [0.25, 0.3) is 0 Å². The average Bonchev–Trinajstić information content (AvgIpc) is 3.05. The molecule has 0 aromatic rings. The van der Waals surface area contributed by atoms with E-state index < -0.39 is 5.54 Å². The second-order valence-electron chi connectivity index (χ2n) is 6.05. The van der Waals surface area contributed by atoms with Gasteiger partial charge in [-0.05, 0) is 38.1 Å². The van der Waals surface area contributed by atoms with Gasteiger partial charge in [0.05, 0.1) is 13.2 Å². The molecule has 3 unspecified atom stereocenters. The summed E-state index contributed by atoms with van der Waals surface area (Å²) in [5.74, 6) is 0.652. The van der Waals surface area contributed by atoms with Gasteiger partial charge in [-0.15, -0.1) is 0 Å². The zero-order chi connectivity index (χ0) is 14.4. The quantitative estimate of drug-likeness (QED) is 0.654. The molecule has 1 saturated heterocycles. The summed E-state index contributed by atoms with van der Waals surface area (Å²) in [6.07, 6.45) is 5.00. The summed E-state index contributed by atoms with van der Waals surface area (Å²) in [6.45, 7) is 5.98. The van der Waals surface area contributed by atoms with Gasteiger partial charge in [0, 0.05) is 19.1 Å². The summed E-state index contributed by atoms with van der Waals surface area (Å²) in [4.78, 5) is 11.9. The number of hydrogen-bond donors (Lipinski definition) is 2. The molecule has 20 heavy (non-hydrogen) atoms. The van der Waals surface area contributed by atoms with Gasteiger partial charge in [-0.3, -0.25) is 4.79 Å². The third-order valence-corrected chi connectivity index (χ3v) is 4.74. The maximum atomic E-state index is 11.9. The molecule has 5 heteroatoms. The van der Waals surface area contributed by atoms with E-state index >= 15 is 0 Å². The van der Waals surface area contributed by atoms with Crippen molar-refractivity contribution in [2.24, 2.45) is 17.6 Å². The lowest BCUT2D eigenvalue weighted by Gasteiger charge is -2.33. The number of primary amides is 1. The van der Waals surface area contributed by atoms with Crippen LogP contribution in [0.2, 0.25) is 0 Å². The van der Waals surface area contributed by atoms with Crippen molar-refractivity contribution < 1.29 is 14.3 Å². The maximum Gasteiger partial charge on any atom is 0.238 e. The molecule has 0 spiro atoms. The summed E-state index contributed by atoms with van der Waals surface area (Å²) in [7, 11) is 0. The molecule has 3 atom stereocenters. The highest BCUT2D eigenvalue weighted by Gasteiger charge is 2.46. The predicted octanol–water partition coefficient (Wildman–Crippen LogP) is 1.06. The van der Waals surface area contributed by atoms with Crippen molar-refractivity contribution in [1.82, 2.24) is 5.32 Å². The first kappa shape index (κ1) is 15.7.